The number of carbonyl (C=O) groups is 2. The molecule has 162 valence electrons. The standard InChI is InChI=1S/C20H14Cl2F3N3O3/c21-13-7-5-12(6-8-13)9-18(31-11-29)26-19(30)16-10-17(20(23,24)25)27-28(16)15-4-2-1-3-14(15)22/h1-8,10-11,18H,9H2,(H,26,30). The highest BCUT2D eigenvalue weighted by atomic mass is 35.5. The molecule has 1 aromatic heterocycles. The maximum atomic E-state index is 13.2. The van der Waals surface area contributed by atoms with Gasteiger partial charge in [-0.3, -0.25) is 9.59 Å². The van der Waals surface area contributed by atoms with Crippen LogP contribution in [0.25, 0.3) is 5.69 Å². The molecule has 0 aliphatic rings. The van der Waals surface area contributed by atoms with E-state index in [0.29, 0.717) is 16.7 Å². The van der Waals surface area contributed by atoms with Gasteiger partial charge in [0.15, 0.2) is 11.9 Å². The molecule has 0 aliphatic heterocycles. The molecule has 0 bridgehead atoms. The van der Waals surface area contributed by atoms with Crippen molar-refractivity contribution in [1.29, 1.82) is 0 Å². The SMILES string of the molecule is O=COC(Cc1ccc(Cl)cc1)NC(=O)c1cc(C(F)(F)F)nn1-c1ccccc1Cl. The molecule has 1 amide bonds. The molecular weight excluding hydrogens is 458 g/mol. The summed E-state index contributed by atoms with van der Waals surface area (Å²) in [7, 11) is 0. The molecular formula is C20H14Cl2F3N3O3. The minimum atomic E-state index is -4.79. The number of ether oxygens (including phenoxy) is 1. The maximum absolute atomic E-state index is 13.2. The molecule has 3 aromatic rings. The Morgan fingerprint density at radius 2 is 1.84 bits per heavy atom. The number of nitrogens with zero attached hydrogens (tertiary/aromatic N) is 2. The number of rotatable bonds is 7. The van der Waals surface area contributed by atoms with Crippen molar-refractivity contribution in [3.8, 4) is 5.69 Å². The zero-order valence-corrected chi connectivity index (χ0v) is 17.1. The van der Waals surface area contributed by atoms with E-state index < -0.39 is 29.7 Å². The van der Waals surface area contributed by atoms with Gasteiger partial charge in [0, 0.05) is 17.5 Å². The first-order valence-electron chi connectivity index (χ1n) is 8.75. The lowest BCUT2D eigenvalue weighted by atomic mass is 10.1. The number of hydrogen-bond acceptors (Lipinski definition) is 4. The molecule has 3 rings (SSSR count). The predicted octanol–water partition coefficient (Wildman–Crippen LogP) is 4.67. The van der Waals surface area contributed by atoms with E-state index in [4.69, 9.17) is 27.9 Å². The first-order valence-corrected chi connectivity index (χ1v) is 9.51. The summed E-state index contributed by atoms with van der Waals surface area (Å²) in [5, 5.41) is 6.48. The smallest absolute Gasteiger partial charge is 0.435 e. The summed E-state index contributed by atoms with van der Waals surface area (Å²) in [5.74, 6) is -0.941. The first-order chi connectivity index (χ1) is 14.7. The second-order valence-electron chi connectivity index (χ2n) is 6.30. The van der Waals surface area contributed by atoms with E-state index in [2.05, 4.69) is 10.4 Å². The van der Waals surface area contributed by atoms with Crippen LogP contribution >= 0.6 is 23.2 Å². The average Bonchev–Trinajstić information content (AvgIpc) is 3.16. The molecule has 0 radical (unpaired) electrons. The van der Waals surface area contributed by atoms with Gasteiger partial charge in [0.05, 0.1) is 10.7 Å². The molecule has 31 heavy (non-hydrogen) atoms. The number of alkyl halides is 3. The highest BCUT2D eigenvalue weighted by Gasteiger charge is 2.36. The molecule has 1 unspecified atom stereocenters. The van der Waals surface area contributed by atoms with Gasteiger partial charge < -0.3 is 10.1 Å². The van der Waals surface area contributed by atoms with Crippen molar-refractivity contribution in [2.24, 2.45) is 0 Å². The summed E-state index contributed by atoms with van der Waals surface area (Å²) >= 11 is 11.9. The van der Waals surface area contributed by atoms with E-state index in [-0.39, 0.29) is 23.6 Å². The Hall–Kier alpha value is -3.04. The van der Waals surface area contributed by atoms with E-state index in [1.165, 1.54) is 18.2 Å². The van der Waals surface area contributed by atoms with Crippen molar-refractivity contribution in [2.45, 2.75) is 18.8 Å². The number of hydrogen-bond donors (Lipinski definition) is 1. The van der Waals surface area contributed by atoms with E-state index in [0.717, 1.165) is 4.68 Å². The van der Waals surface area contributed by atoms with Gasteiger partial charge in [0.2, 0.25) is 0 Å². The Bertz CT molecular complexity index is 1090. The van der Waals surface area contributed by atoms with E-state index in [1.807, 2.05) is 0 Å². The minimum absolute atomic E-state index is 0.0635. The van der Waals surface area contributed by atoms with Crippen LogP contribution in [0.3, 0.4) is 0 Å². The van der Waals surface area contributed by atoms with Gasteiger partial charge in [0.25, 0.3) is 12.4 Å². The highest BCUT2D eigenvalue weighted by Crippen LogP contribution is 2.31. The third-order valence-electron chi connectivity index (χ3n) is 4.16. The number of aromatic nitrogens is 2. The molecule has 0 aliphatic carbocycles. The van der Waals surface area contributed by atoms with Crippen LogP contribution in [0.5, 0.6) is 0 Å². The maximum Gasteiger partial charge on any atom is 0.435 e. The highest BCUT2D eigenvalue weighted by molar-refractivity contribution is 6.32. The molecule has 0 saturated heterocycles. The van der Waals surface area contributed by atoms with Gasteiger partial charge in [0.1, 0.15) is 5.69 Å². The van der Waals surface area contributed by atoms with E-state index in [9.17, 15) is 22.8 Å². The van der Waals surface area contributed by atoms with Crippen LogP contribution in [0.4, 0.5) is 13.2 Å². The Morgan fingerprint density at radius 1 is 1.16 bits per heavy atom. The van der Waals surface area contributed by atoms with Gasteiger partial charge in [-0.05, 0) is 29.8 Å². The van der Waals surface area contributed by atoms with Crippen LogP contribution in [0.2, 0.25) is 10.0 Å². The lowest BCUT2D eigenvalue weighted by molar-refractivity contribution is -0.141. The topological polar surface area (TPSA) is 73.2 Å². The van der Waals surface area contributed by atoms with Crippen molar-refractivity contribution in [2.75, 3.05) is 0 Å². The van der Waals surface area contributed by atoms with Gasteiger partial charge in [-0.25, -0.2) is 4.68 Å². The predicted molar refractivity (Wildman–Crippen MR) is 107 cm³/mol. The monoisotopic (exact) mass is 471 g/mol. The van der Waals surface area contributed by atoms with E-state index >= 15 is 0 Å². The van der Waals surface area contributed by atoms with Crippen LogP contribution < -0.4 is 5.32 Å². The van der Waals surface area contributed by atoms with Gasteiger partial charge in [-0.15, -0.1) is 0 Å². The Morgan fingerprint density at radius 3 is 2.45 bits per heavy atom. The second-order valence-corrected chi connectivity index (χ2v) is 7.14. The number of halogens is 5. The fraction of sp³-hybridized carbons (Fsp3) is 0.150. The molecule has 1 heterocycles. The number of para-hydroxylation sites is 1. The van der Waals surface area contributed by atoms with Crippen molar-refractivity contribution >= 4 is 35.6 Å². The third-order valence-corrected chi connectivity index (χ3v) is 4.73. The van der Waals surface area contributed by atoms with Crippen LogP contribution in [0.1, 0.15) is 21.7 Å². The second kappa shape index (κ2) is 9.40. The lowest BCUT2D eigenvalue weighted by Crippen LogP contribution is -2.39. The largest absolute Gasteiger partial charge is 0.444 e. The summed E-state index contributed by atoms with van der Waals surface area (Å²) in [6.07, 6.45) is -5.87. The number of carbonyl (C=O) groups excluding carboxylic acids is 2. The van der Waals surface area contributed by atoms with Crippen molar-refractivity contribution < 1.29 is 27.5 Å². The summed E-state index contributed by atoms with van der Waals surface area (Å²) in [5.41, 5.74) is -0.957. The third kappa shape index (κ3) is 5.56. The number of benzene rings is 2. The number of amides is 1. The van der Waals surface area contributed by atoms with Crippen molar-refractivity contribution in [3.63, 3.8) is 0 Å². The Kier molecular flexibility index (Phi) is 6.87. The lowest BCUT2D eigenvalue weighted by Gasteiger charge is -2.17. The average molecular weight is 472 g/mol. The van der Waals surface area contributed by atoms with Crippen molar-refractivity contribution in [1.82, 2.24) is 15.1 Å². The summed E-state index contributed by atoms with van der Waals surface area (Å²) < 4.78 is 45.4. The first kappa shape index (κ1) is 22.6. The molecule has 0 spiro atoms. The molecule has 1 atom stereocenters. The van der Waals surface area contributed by atoms with E-state index in [1.54, 1.807) is 30.3 Å². The quantitative estimate of drug-likeness (QED) is 0.401. The molecule has 11 heteroatoms. The Balaban J connectivity index is 1.93. The summed E-state index contributed by atoms with van der Waals surface area (Å²) in [6.45, 7) is 0.132. The molecule has 0 saturated carbocycles. The van der Waals surface area contributed by atoms with Crippen LogP contribution in [0, 0.1) is 0 Å². The van der Waals surface area contributed by atoms with Gasteiger partial charge in [-0.1, -0.05) is 47.5 Å². The fourth-order valence-corrected chi connectivity index (χ4v) is 3.09. The minimum Gasteiger partial charge on any atom is -0.444 e. The van der Waals surface area contributed by atoms with Gasteiger partial charge in [-0.2, -0.15) is 18.3 Å². The van der Waals surface area contributed by atoms with Crippen molar-refractivity contribution in [3.05, 3.63) is 81.6 Å². The summed E-state index contributed by atoms with van der Waals surface area (Å²) in [6, 6.07) is 13.1. The fourth-order valence-electron chi connectivity index (χ4n) is 2.74. The summed E-state index contributed by atoms with van der Waals surface area (Å²) in [4.78, 5) is 23.7. The normalized spacial score (nSPS) is 12.3. The Labute approximate surface area is 184 Å². The van der Waals surface area contributed by atoms with Crippen LogP contribution in [0.15, 0.2) is 54.6 Å². The molecule has 1 N–H and O–H groups in total. The zero-order chi connectivity index (χ0) is 22.6. The zero-order valence-electron chi connectivity index (χ0n) is 15.6. The van der Waals surface area contributed by atoms with Crippen LogP contribution in [-0.4, -0.2) is 28.4 Å². The molecule has 6 nitrogen and oxygen atoms in total. The number of nitrogens with one attached hydrogen (secondary N) is 1. The van der Waals surface area contributed by atoms with Crippen LogP contribution in [-0.2, 0) is 22.1 Å². The molecule has 0 fully saturated rings. The molecule has 2 aromatic carbocycles. The van der Waals surface area contributed by atoms with Gasteiger partial charge >= 0.3 is 6.18 Å².